The molecule has 0 bridgehead atoms. The summed E-state index contributed by atoms with van der Waals surface area (Å²) in [6.07, 6.45) is -4.91. The largest absolute Gasteiger partial charge is 1.00 e. The van der Waals surface area contributed by atoms with Gasteiger partial charge in [0, 0.05) is 0 Å². The molecule has 9 heteroatoms. The molecule has 0 spiro atoms. The predicted octanol–water partition coefficient (Wildman–Crippen LogP) is -0.531. The number of hydrogen-bond acceptors (Lipinski definition) is 1. The molecule has 0 saturated heterocycles. The molecule has 0 aliphatic carbocycles. The molecule has 1 N–H and O–H groups in total. The van der Waals surface area contributed by atoms with Gasteiger partial charge in [0.05, 0.1) is 5.56 Å². The van der Waals surface area contributed by atoms with Gasteiger partial charge in [0.1, 0.15) is 5.75 Å². The summed E-state index contributed by atoms with van der Waals surface area (Å²) >= 11 is 0. The Morgan fingerprint density at radius 3 is 1.88 bits per heavy atom. The van der Waals surface area contributed by atoms with Crippen molar-refractivity contribution in [2.24, 2.45) is 0 Å². The van der Waals surface area contributed by atoms with Gasteiger partial charge in [-0.15, -0.1) is 5.46 Å². The average Bonchev–Trinajstić information content (AvgIpc) is 1.99. The third-order valence-corrected chi connectivity index (χ3v) is 1.65. The fourth-order valence-corrected chi connectivity index (χ4v) is 0.987. The monoisotopic (exact) mass is 268 g/mol. The van der Waals surface area contributed by atoms with Gasteiger partial charge in [0.15, 0.2) is 0 Å². The molecule has 1 aromatic rings. The van der Waals surface area contributed by atoms with E-state index in [1.54, 1.807) is 0 Å². The molecule has 0 heterocycles. The van der Waals surface area contributed by atoms with Crippen LogP contribution in [0.1, 0.15) is 5.56 Å². The van der Waals surface area contributed by atoms with Crippen LogP contribution in [0.3, 0.4) is 0 Å². The zero-order valence-corrected chi connectivity index (χ0v) is 11.1. The second-order valence-electron chi connectivity index (χ2n) is 2.89. The van der Waals surface area contributed by atoms with Crippen molar-refractivity contribution in [1.29, 1.82) is 0 Å². The summed E-state index contributed by atoms with van der Waals surface area (Å²) in [6.45, 7) is -5.56. The number of halogens is 6. The third-order valence-electron chi connectivity index (χ3n) is 1.65. The van der Waals surface area contributed by atoms with E-state index in [9.17, 15) is 26.1 Å². The minimum absolute atomic E-state index is 0. The average molecular weight is 268 g/mol. The summed E-state index contributed by atoms with van der Waals surface area (Å²) < 4.78 is 72.6. The minimum atomic E-state index is -5.56. The first-order valence-corrected chi connectivity index (χ1v) is 3.72. The van der Waals surface area contributed by atoms with E-state index < -0.39 is 29.9 Å². The van der Waals surface area contributed by atoms with E-state index in [1.807, 2.05) is 0 Å². The topological polar surface area (TPSA) is 20.2 Å². The molecule has 0 atom stereocenters. The molecule has 0 amide bonds. The Balaban J connectivity index is 0.00000225. The van der Waals surface area contributed by atoms with Gasteiger partial charge in [0.2, 0.25) is 0 Å². The maximum Gasteiger partial charge on any atom is 1.00 e. The molecule has 0 aliphatic heterocycles. The number of benzene rings is 1. The Hall–Kier alpha value is 0.301. The van der Waals surface area contributed by atoms with Gasteiger partial charge in [-0.3, -0.25) is 0 Å². The maximum atomic E-state index is 12.1. The predicted molar refractivity (Wildman–Crippen MR) is 41.8 cm³/mol. The standard InChI is InChI=1S/C7H4BF6O.K/c9-7(10,11)4-1-5(8(12,13)14)3-6(15)2-4;/h1-3,15H;/q-1;+1. The molecule has 0 aromatic heterocycles. The summed E-state index contributed by atoms with van der Waals surface area (Å²) in [5.74, 6) is -1.06. The molecule has 0 unspecified atom stereocenters. The van der Waals surface area contributed by atoms with Crippen LogP contribution < -0.4 is 56.8 Å². The van der Waals surface area contributed by atoms with Crippen LogP contribution in [0.15, 0.2) is 18.2 Å². The van der Waals surface area contributed by atoms with Crippen molar-refractivity contribution < 1.29 is 82.6 Å². The van der Waals surface area contributed by atoms with Crippen molar-refractivity contribution in [2.75, 3.05) is 0 Å². The van der Waals surface area contributed by atoms with E-state index in [2.05, 4.69) is 0 Å². The third kappa shape index (κ3) is 4.28. The molecule has 0 radical (unpaired) electrons. The second-order valence-corrected chi connectivity index (χ2v) is 2.89. The molecule has 0 saturated carbocycles. The van der Waals surface area contributed by atoms with Crippen LogP contribution in [0.4, 0.5) is 26.1 Å². The fraction of sp³-hybridized carbons (Fsp3) is 0.143. The first kappa shape index (κ1) is 16.3. The zero-order valence-electron chi connectivity index (χ0n) is 8.02. The molecule has 1 nitrogen and oxygen atoms in total. The smallest absolute Gasteiger partial charge is 0.508 e. The van der Waals surface area contributed by atoms with Crippen LogP contribution in [-0.2, 0) is 6.18 Å². The van der Waals surface area contributed by atoms with Gasteiger partial charge in [-0.1, -0.05) is 6.07 Å². The van der Waals surface area contributed by atoms with Crippen LogP contribution in [0.25, 0.3) is 0 Å². The Morgan fingerprint density at radius 2 is 1.50 bits per heavy atom. The van der Waals surface area contributed by atoms with Gasteiger partial charge in [-0.25, -0.2) is 0 Å². The summed E-state index contributed by atoms with van der Waals surface area (Å²) in [4.78, 5) is 0. The van der Waals surface area contributed by atoms with Crippen LogP contribution in [0.2, 0.25) is 0 Å². The molecule has 0 fully saturated rings. The van der Waals surface area contributed by atoms with E-state index in [1.165, 1.54) is 0 Å². The van der Waals surface area contributed by atoms with Gasteiger partial charge in [-0.05, 0) is 12.1 Å². The molecule has 84 valence electrons. The Labute approximate surface area is 129 Å². The number of alkyl halides is 3. The summed E-state index contributed by atoms with van der Waals surface area (Å²) in [7, 11) is 0. The summed E-state index contributed by atoms with van der Waals surface area (Å²) in [5, 5.41) is 8.73. The molecule has 0 aliphatic rings. The first-order valence-electron chi connectivity index (χ1n) is 3.72. The van der Waals surface area contributed by atoms with Gasteiger partial charge in [-0.2, -0.15) is 13.2 Å². The maximum absolute atomic E-state index is 12.1. The normalized spacial score (nSPS) is 12.1. The number of rotatable bonds is 1. The van der Waals surface area contributed by atoms with Crippen LogP contribution in [-0.4, -0.2) is 12.1 Å². The van der Waals surface area contributed by atoms with E-state index in [0.29, 0.717) is 0 Å². The van der Waals surface area contributed by atoms with Gasteiger partial charge < -0.3 is 18.1 Å². The second kappa shape index (κ2) is 5.30. The first-order chi connectivity index (χ1) is 6.60. The summed E-state index contributed by atoms with van der Waals surface area (Å²) in [6, 6.07) is 0.472. The molecule has 1 aromatic carbocycles. The van der Waals surface area contributed by atoms with Crippen molar-refractivity contribution in [3.63, 3.8) is 0 Å². The Bertz CT molecular complexity index is 342. The minimum Gasteiger partial charge on any atom is -0.508 e. The van der Waals surface area contributed by atoms with E-state index in [-0.39, 0.29) is 69.6 Å². The van der Waals surface area contributed by atoms with Crippen molar-refractivity contribution >= 4 is 12.4 Å². The van der Waals surface area contributed by atoms with Crippen molar-refractivity contribution in [3.8, 4) is 5.75 Å². The molecule has 1 rings (SSSR count). The molecular formula is C7H4BF6KO. The van der Waals surface area contributed by atoms with Crippen LogP contribution >= 0.6 is 0 Å². The zero-order chi connectivity index (χ0) is 11.9. The van der Waals surface area contributed by atoms with E-state index >= 15 is 0 Å². The number of phenolic OH excluding ortho intramolecular Hbond substituents is 1. The van der Waals surface area contributed by atoms with Crippen molar-refractivity contribution in [3.05, 3.63) is 23.8 Å². The van der Waals surface area contributed by atoms with Crippen LogP contribution in [0.5, 0.6) is 5.75 Å². The van der Waals surface area contributed by atoms with Crippen LogP contribution in [0, 0.1) is 0 Å². The van der Waals surface area contributed by atoms with Gasteiger partial charge >= 0.3 is 64.5 Å². The fourth-order valence-electron chi connectivity index (χ4n) is 0.987. The SMILES string of the molecule is Oc1cc([B-](F)(F)F)cc(C(F)(F)F)c1.[K+]. The van der Waals surface area contributed by atoms with Crippen molar-refractivity contribution in [1.82, 2.24) is 0 Å². The van der Waals surface area contributed by atoms with Crippen molar-refractivity contribution in [2.45, 2.75) is 6.18 Å². The molecule has 16 heavy (non-hydrogen) atoms. The number of phenols is 1. The molecular weight excluding hydrogens is 264 g/mol. The van der Waals surface area contributed by atoms with E-state index in [0.717, 1.165) is 0 Å². The van der Waals surface area contributed by atoms with E-state index in [4.69, 9.17) is 5.11 Å². The summed E-state index contributed by atoms with van der Waals surface area (Å²) in [5.41, 5.74) is -2.99. The Kier molecular flexibility index (Phi) is 5.40. The van der Waals surface area contributed by atoms with Gasteiger partial charge in [0.25, 0.3) is 0 Å². The number of hydrogen-bond donors (Lipinski definition) is 1. The Morgan fingerprint density at radius 1 is 1.00 bits per heavy atom. The quantitative estimate of drug-likeness (QED) is 0.536. The number of aromatic hydroxyl groups is 1.